The van der Waals surface area contributed by atoms with Crippen LogP contribution in [-0.2, 0) is 4.79 Å². The Morgan fingerprint density at radius 1 is 1.42 bits per heavy atom. The quantitative estimate of drug-likeness (QED) is 0.739. The highest BCUT2D eigenvalue weighted by Crippen LogP contribution is 2.18. The van der Waals surface area contributed by atoms with E-state index in [1.54, 1.807) is 18.5 Å². The molecule has 1 unspecified atom stereocenters. The van der Waals surface area contributed by atoms with Crippen LogP contribution < -0.4 is 10.9 Å². The van der Waals surface area contributed by atoms with Crippen molar-refractivity contribution in [3.8, 4) is 5.95 Å². The van der Waals surface area contributed by atoms with Gasteiger partial charge in [0.15, 0.2) is 0 Å². The first-order chi connectivity index (χ1) is 11.5. The van der Waals surface area contributed by atoms with E-state index >= 15 is 0 Å². The van der Waals surface area contributed by atoms with Gasteiger partial charge in [0.25, 0.3) is 5.56 Å². The molecule has 0 bridgehead atoms. The minimum Gasteiger partial charge on any atom is -0.465 e. The van der Waals surface area contributed by atoms with Gasteiger partial charge in [0.2, 0.25) is 11.9 Å². The molecule has 1 aliphatic rings. The van der Waals surface area contributed by atoms with Gasteiger partial charge < -0.3 is 15.3 Å². The summed E-state index contributed by atoms with van der Waals surface area (Å²) in [6.45, 7) is 0.539. The van der Waals surface area contributed by atoms with Crippen molar-refractivity contribution in [2.24, 2.45) is 5.92 Å². The van der Waals surface area contributed by atoms with Crippen molar-refractivity contribution in [2.45, 2.75) is 12.8 Å². The molecule has 1 aliphatic heterocycles. The largest absolute Gasteiger partial charge is 0.465 e. The van der Waals surface area contributed by atoms with E-state index in [1.807, 2.05) is 0 Å². The summed E-state index contributed by atoms with van der Waals surface area (Å²) in [6, 6.07) is 1.69. The maximum atomic E-state index is 12.3. The first-order valence-corrected chi connectivity index (χ1v) is 7.42. The number of likely N-dealkylation sites (tertiary alicyclic amines) is 1. The van der Waals surface area contributed by atoms with Crippen molar-refractivity contribution in [3.05, 3.63) is 35.0 Å². The van der Waals surface area contributed by atoms with Gasteiger partial charge in [-0.1, -0.05) is 0 Å². The van der Waals surface area contributed by atoms with E-state index in [9.17, 15) is 14.4 Å². The summed E-state index contributed by atoms with van der Waals surface area (Å²) in [7, 11) is 0. The number of nitrogens with one attached hydrogen (secondary N) is 2. The molecule has 10 heteroatoms. The fourth-order valence-corrected chi connectivity index (χ4v) is 2.58. The van der Waals surface area contributed by atoms with Crippen molar-refractivity contribution in [2.75, 3.05) is 18.4 Å². The summed E-state index contributed by atoms with van der Waals surface area (Å²) in [4.78, 5) is 43.1. The second kappa shape index (κ2) is 6.52. The highest BCUT2D eigenvalue weighted by Gasteiger charge is 2.28. The van der Waals surface area contributed by atoms with E-state index in [2.05, 4.69) is 20.4 Å². The normalized spacial score (nSPS) is 17.5. The molecule has 2 amide bonds. The second-order valence-electron chi connectivity index (χ2n) is 5.46. The van der Waals surface area contributed by atoms with E-state index in [0.717, 1.165) is 0 Å². The number of carbonyl (C=O) groups is 2. The molecule has 3 heterocycles. The third-order valence-electron chi connectivity index (χ3n) is 3.83. The zero-order chi connectivity index (χ0) is 17.1. The number of amides is 2. The summed E-state index contributed by atoms with van der Waals surface area (Å²) in [5, 5.41) is 15.5. The molecular weight excluding hydrogens is 316 g/mol. The predicted molar refractivity (Wildman–Crippen MR) is 82.9 cm³/mol. The van der Waals surface area contributed by atoms with Crippen LogP contribution >= 0.6 is 0 Å². The Bertz CT molecular complexity index is 800. The summed E-state index contributed by atoms with van der Waals surface area (Å²) in [6.07, 6.45) is 4.57. The first kappa shape index (κ1) is 15.7. The molecule has 0 radical (unpaired) electrons. The van der Waals surface area contributed by atoms with Crippen molar-refractivity contribution in [3.63, 3.8) is 0 Å². The third-order valence-corrected chi connectivity index (χ3v) is 3.83. The number of carbonyl (C=O) groups excluding carboxylic acids is 1. The van der Waals surface area contributed by atoms with Crippen molar-refractivity contribution < 1.29 is 14.7 Å². The van der Waals surface area contributed by atoms with Crippen LogP contribution in [0.1, 0.15) is 12.8 Å². The Balaban J connectivity index is 1.70. The Kier molecular flexibility index (Phi) is 4.27. The lowest BCUT2D eigenvalue weighted by Gasteiger charge is -2.29. The summed E-state index contributed by atoms with van der Waals surface area (Å²) < 4.78 is 1.39. The second-order valence-corrected chi connectivity index (χ2v) is 5.46. The number of aromatic amines is 1. The summed E-state index contributed by atoms with van der Waals surface area (Å²) in [5.41, 5.74) is -0.488. The van der Waals surface area contributed by atoms with Crippen LogP contribution in [0.15, 0.2) is 29.5 Å². The molecule has 2 aromatic rings. The molecule has 0 saturated carbocycles. The lowest BCUT2D eigenvalue weighted by atomic mass is 9.97. The number of carboxylic acid groups (broad SMARTS) is 1. The van der Waals surface area contributed by atoms with E-state index < -0.39 is 17.6 Å². The van der Waals surface area contributed by atoms with Crippen molar-refractivity contribution >= 4 is 17.7 Å². The van der Waals surface area contributed by atoms with Gasteiger partial charge >= 0.3 is 6.09 Å². The Morgan fingerprint density at radius 3 is 2.92 bits per heavy atom. The molecule has 0 aliphatic carbocycles. The number of hydrogen-bond acceptors (Lipinski definition) is 5. The Labute approximate surface area is 136 Å². The SMILES string of the molecule is O=C(Nc1cnc(-n2cccn2)[nH]c1=O)C1CCCN(C(=O)O)C1. The Hall–Kier alpha value is -3.17. The molecule has 0 spiro atoms. The topological polar surface area (TPSA) is 133 Å². The zero-order valence-electron chi connectivity index (χ0n) is 12.7. The number of anilines is 1. The smallest absolute Gasteiger partial charge is 0.407 e. The van der Waals surface area contributed by atoms with Crippen LogP contribution in [0.3, 0.4) is 0 Å². The molecule has 3 N–H and O–H groups in total. The minimum absolute atomic E-state index is 0.0170. The number of nitrogens with zero attached hydrogens (tertiary/aromatic N) is 4. The van der Waals surface area contributed by atoms with Gasteiger partial charge in [-0.25, -0.2) is 14.5 Å². The van der Waals surface area contributed by atoms with Crippen LogP contribution in [0.4, 0.5) is 10.5 Å². The molecule has 0 aromatic carbocycles. The molecule has 126 valence electrons. The zero-order valence-corrected chi connectivity index (χ0v) is 12.7. The average molecular weight is 332 g/mol. The maximum Gasteiger partial charge on any atom is 0.407 e. The number of hydrogen-bond donors (Lipinski definition) is 3. The maximum absolute atomic E-state index is 12.3. The molecule has 1 saturated heterocycles. The van der Waals surface area contributed by atoms with Gasteiger partial charge in [0, 0.05) is 25.5 Å². The number of piperidine rings is 1. The molecule has 1 fully saturated rings. The van der Waals surface area contributed by atoms with Gasteiger partial charge in [-0.05, 0) is 18.9 Å². The highest BCUT2D eigenvalue weighted by atomic mass is 16.4. The number of rotatable bonds is 3. The van der Waals surface area contributed by atoms with Gasteiger partial charge in [0.1, 0.15) is 5.69 Å². The van der Waals surface area contributed by atoms with Gasteiger partial charge in [-0.3, -0.25) is 14.6 Å². The molecule has 1 atom stereocenters. The van der Waals surface area contributed by atoms with Gasteiger partial charge in [0.05, 0.1) is 12.1 Å². The molecule has 24 heavy (non-hydrogen) atoms. The third kappa shape index (κ3) is 3.26. The van der Waals surface area contributed by atoms with Crippen LogP contribution in [0, 0.1) is 5.92 Å². The molecular formula is C14H16N6O4. The fraction of sp³-hybridized carbons (Fsp3) is 0.357. The lowest BCUT2D eigenvalue weighted by Crippen LogP contribution is -2.43. The van der Waals surface area contributed by atoms with E-state index in [1.165, 1.54) is 15.8 Å². The molecule has 3 rings (SSSR count). The highest BCUT2D eigenvalue weighted by molar-refractivity contribution is 5.92. The molecule has 10 nitrogen and oxygen atoms in total. The Morgan fingerprint density at radius 2 is 2.25 bits per heavy atom. The fourth-order valence-electron chi connectivity index (χ4n) is 2.58. The van der Waals surface area contributed by atoms with Crippen LogP contribution in [0.25, 0.3) is 5.95 Å². The summed E-state index contributed by atoms with van der Waals surface area (Å²) >= 11 is 0. The lowest BCUT2D eigenvalue weighted by molar-refractivity contribution is -0.121. The number of aromatic nitrogens is 4. The van der Waals surface area contributed by atoms with Crippen LogP contribution in [0.2, 0.25) is 0 Å². The van der Waals surface area contributed by atoms with E-state index in [4.69, 9.17) is 5.11 Å². The van der Waals surface area contributed by atoms with Crippen molar-refractivity contribution in [1.29, 1.82) is 0 Å². The molecule has 2 aromatic heterocycles. The van der Waals surface area contributed by atoms with Crippen molar-refractivity contribution in [1.82, 2.24) is 24.6 Å². The van der Waals surface area contributed by atoms with Crippen LogP contribution in [-0.4, -0.2) is 54.8 Å². The average Bonchev–Trinajstić information content (AvgIpc) is 3.11. The summed E-state index contributed by atoms with van der Waals surface area (Å²) in [5.74, 6) is -0.641. The predicted octanol–water partition coefficient (Wildman–Crippen LogP) is 0.284. The first-order valence-electron chi connectivity index (χ1n) is 7.42. The van der Waals surface area contributed by atoms with Gasteiger partial charge in [-0.2, -0.15) is 5.10 Å². The monoisotopic (exact) mass is 332 g/mol. The minimum atomic E-state index is -1.05. The van der Waals surface area contributed by atoms with Gasteiger partial charge in [-0.15, -0.1) is 0 Å². The number of H-pyrrole nitrogens is 1. The van der Waals surface area contributed by atoms with Crippen LogP contribution in [0.5, 0.6) is 0 Å². The van der Waals surface area contributed by atoms with E-state index in [-0.39, 0.29) is 24.1 Å². The van der Waals surface area contributed by atoms with E-state index in [0.29, 0.717) is 19.4 Å². The standard InChI is InChI=1S/C14H16N6O4/c21-11(9-3-1-5-19(8-9)14(23)24)17-10-7-15-13(18-12(10)22)20-6-2-4-16-20/h2,4,6-7,9H,1,3,5,8H2,(H,17,21)(H,23,24)(H,15,18,22).